The summed E-state index contributed by atoms with van der Waals surface area (Å²) in [4.78, 5) is 0. The molecule has 1 aliphatic carbocycles. The molecule has 22 heavy (non-hydrogen) atoms. The van der Waals surface area contributed by atoms with Crippen LogP contribution in [0.4, 0.5) is 0 Å². The van der Waals surface area contributed by atoms with Crippen LogP contribution in [0.5, 0.6) is 0 Å². The van der Waals surface area contributed by atoms with E-state index in [2.05, 4.69) is 41.3 Å². The summed E-state index contributed by atoms with van der Waals surface area (Å²) >= 11 is -0.556. The van der Waals surface area contributed by atoms with Gasteiger partial charge in [0.25, 0.3) is 0 Å². The van der Waals surface area contributed by atoms with Crippen molar-refractivity contribution in [2.45, 2.75) is 84.2 Å². The zero-order chi connectivity index (χ0) is 15.5. The molecule has 2 aliphatic rings. The second-order valence-electron chi connectivity index (χ2n) is 7.90. The van der Waals surface area contributed by atoms with E-state index in [4.69, 9.17) is 18.6 Å². The average molecular weight is 403 g/mol. The van der Waals surface area contributed by atoms with Gasteiger partial charge in [-0.2, -0.15) is 21.4 Å². The van der Waals surface area contributed by atoms with Gasteiger partial charge in [-0.3, -0.25) is 0 Å². The first-order valence-corrected chi connectivity index (χ1v) is 14.4. The summed E-state index contributed by atoms with van der Waals surface area (Å²) in [5.74, 6) is 2.99. The third-order valence-corrected chi connectivity index (χ3v) is 12.2. The quantitative estimate of drug-likeness (QED) is 0.252. The molecule has 4 atom stereocenters. The number of hydrogen-bond acceptors (Lipinski definition) is 0. The summed E-state index contributed by atoms with van der Waals surface area (Å²) in [6, 6.07) is 0. The molecule has 1 aliphatic heterocycles. The number of halogens is 2. The van der Waals surface area contributed by atoms with E-state index < -0.39 is 17.0 Å². The van der Waals surface area contributed by atoms with Crippen molar-refractivity contribution in [2.24, 2.45) is 11.8 Å². The van der Waals surface area contributed by atoms with E-state index in [1.54, 1.807) is 12.8 Å². The van der Waals surface area contributed by atoms with Crippen LogP contribution in [-0.2, 0) is 17.0 Å². The third kappa shape index (κ3) is 5.66. The second kappa shape index (κ2) is 11.4. The Hall–Kier alpha value is 1.79. The molecule has 0 radical (unpaired) electrons. The van der Waals surface area contributed by atoms with Gasteiger partial charge in [-0.05, 0) is 25.7 Å². The van der Waals surface area contributed by atoms with Crippen molar-refractivity contribution in [1.29, 1.82) is 0 Å². The molecule has 0 bridgehead atoms. The zero-order valence-corrected chi connectivity index (χ0v) is 20.1. The standard InChI is InChI=1S/C15H32BP.2CH3.2ClH.Ti/c1-11-12(2)14(4)17(13(11)3)16(5,6)15-9-7-8-10-15;;;;;/h11-15,17H,7-10H2,1-6H3;2*1H3;2*1H;/q;2*-1;;;+2/p-2. The van der Waals surface area contributed by atoms with Gasteiger partial charge in [0.1, 0.15) is 0 Å². The number of rotatable bonds is 2. The first-order valence-electron chi connectivity index (χ1n) is 8.36. The molecule has 1 saturated carbocycles. The van der Waals surface area contributed by atoms with Gasteiger partial charge in [0, 0.05) is 11.3 Å². The van der Waals surface area contributed by atoms with Crippen LogP contribution < -0.4 is 0 Å². The van der Waals surface area contributed by atoms with Crippen LogP contribution in [0.3, 0.4) is 0 Å². The van der Waals surface area contributed by atoms with E-state index in [0.717, 1.165) is 29.0 Å². The summed E-state index contributed by atoms with van der Waals surface area (Å²) in [5.41, 5.74) is 2.08. The first kappa shape index (κ1) is 26.0. The molecule has 0 aromatic rings. The summed E-state index contributed by atoms with van der Waals surface area (Å²) in [7, 11) is 9.62. The molecule has 2 fully saturated rings. The maximum atomic E-state index is 4.89. The van der Waals surface area contributed by atoms with E-state index in [1.807, 2.05) is 0 Å². The Morgan fingerprint density at radius 2 is 1.18 bits per heavy atom. The Balaban J connectivity index is 0. The van der Waals surface area contributed by atoms with Gasteiger partial charge in [-0.15, -0.1) is 5.82 Å². The normalized spacial score (nSPS) is 35.0. The monoisotopic (exact) mass is 402 g/mol. The fraction of sp³-hybridized carbons (Fsp3) is 0.882. The summed E-state index contributed by atoms with van der Waals surface area (Å²) in [6.07, 6.45) is 6.12. The zero-order valence-electron chi connectivity index (χ0n) is 16.0. The van der Waals surface area contributed by atoms with Crippen LogP contribution in [0.1, 0.15) is 53.4 Å². The van der Waals surface area contributed by atoms with Crippen LogP contribution in [0.15, 0.2) is 0 Å². The summed E-state index contributed by atoms with van der Waals surface area (Å²) in [5, 5.41) is 0. The van der Waals surface area contributed by atoms with Crippen molar-refractivity contribution < 1.29 is 17.0 Å². The first-order chi connectivity index (χ1) is 9.28. The molecule has 4 unspecified atom stereocenters. The molecule has 0 spiro atoms. The molecule has 0 aromatic heterocycles. The van der Waals surface area contributed by atoms with Gasteiger partial charge in [0.05, 0.1) is 0 Å². The molecule has 1 saturated heterocycles. The van der Waals surface area contributed by atoms with Crippen molar-refractivity contribution in [1.82, 2.24) is 0 Å². The molecule has 134 valence electrons. The third-order valence-electron chi connectivity index (χ3n) is 6.90. The van der Waals surface area contributed by atoms with E-state index in [9.17, 15) is 0 Å². The molecular weight excluding hydrogens is 365 g/mol. The van der Waals surface area contributed by atoms with Crippen LogP contribution in [0.25, 0.3) is 0 Å². The predicted octanol–water partition coefficient (Wildman–Crippen LogP) is 7.69. The predicted molar refractivity (Wildman–Crippen MR) is 110 cm³/mol. The molecule has 0 aromatic carbocycles. The van der Waals surface area contributed by atoms with Crippen molar-refractivity contribution in [3.05, 3.63) is 14.9 Å². The van der Waals surface area contributed by atoms with Gasteiger partial charge < -0.3 is 14.9 Å². The molecule has 0 nitrogen and oxygen atoms in total. The second-order valence-corrected chi connectivity index (χ2v) is 14.8. The topological polar surface area (TPSA) is 0 Å². The van der Waals surface area contributed by atoms with Gasteiger partial charge in [-0.1, -0.05) is 39.5 Å². The van der Waals surface area contributed by atoms with Gasteiger partial charge >= 0.3 is 35.6 Å². The van der Waals surface area contributed by atoms with Crippen molar-refractivity contribution in [2.75, 3.05) is 0 Å². The van der Waals surface area contributed by atoms with Gasteiger partial charge in [0.15, 0.2) is 5.87 Å². The van der Waals surface area contributed by atoms with Crippen molar-refractivity contribution in [3.63, 3.8) is 0 Å². The molecule has 0 N–H and O–H groups in total. The van der Waals surface area contributed by atoms with Crippen LogP contribution in [0.2, 0.25) is 19.5 Å². The summed E-state index contributed by atoms with van der Waals surface area (Å²) < 4.78 is 0. The Morgan fingerprint density at radius 1 is 0.864 bits per heavy atom. The Morgan fingerprint density at radius 3 is 1.50 bits per heavy atom. The Labute approximate surface area is 159 Å². The average Bonchev–Trinajstić information content (AvgIpc) is 2.97. The van der Waals surface area contributed by atoms with Crippen LogP contribution in [0, 0.1) is 26.7 Å². The van der Waals surface area contributed by atoms with E-state index in [0.29, 0.717) is 0 Å². The van der Waals surface area contributed by atoms with E-state index >= 15 is 0 Å². The van der Waals surface area contributed by atoms with Crippen molar-refractivity contribution >= 4 is 32.3 Å². The fourth-order valence-corrected chi connectivity index (χ4v) is 11.6. The molecule has 1 heterocycles. The molecule has 0 amide bonds. The fourth-order valence-electron chi connectivity index (χ4n) is 5.35. The van der Waals surface area contributed by atoms with Crippen LogP contribution in [-0.4, -0.2) is 17.2 Å². The van der Waals surface area contributed by atoms with Crippen molar-refractivity contribution in [3.8, 4) is 0 Å². The molecular formula is C17H38BCl2PTi-2. The summed E-state index contributed by atoms with van der Waals surface area (Å²) in [6.45, 7) is 15.6. The maximum absolute atomic E-state index is 4.89. The Kier molecular flexibility index (Phi) is 13.5. The van der Waals surface area contributed by atoms with Gasteiger partial charge in [-0.25, -0.2) is 0 Å². The molecule has 5 heteroatoms. The van der Waals surface area contributed by atoms with Crippen LogP contribution >= 0.6 is 26.4 Å². The minimum absolute atomic E-state index is 0. The minimum atomic E-state index is -0.556. The molecule has 2 rings (SSSR count). The van der Waals surface area contributed by atoms with Gasteiger partial charge in [0.2, 0.25) is 0 Å². The van der Waals surface area contributed by atoms with E-state index in [1.165, 1.54) is 12.8 Å². The number of hydrogen-bond donors (Lipinski definition) is 0. The Bertz CT molecular complexity index is 284. The SMILES string of the molecule is CC1C(C)C(C)[PH+]([B-](C)(C)C2CCCC2)C1C.[CH3-].[CH3-].[Cl][Ti][Cl]. The van der Waals surface area contributed by atoms with E-state index in [-0.39, 0.29) is 28.5 Å².